The summed E-state index contributed by atoms with van der Waals surface area (Å²) < 4.78 is 5.00. The first-order valence-electron chi connectivity index (χ1n) is 7.30. The van der Waals surface area contributed by atoms with Crippen LogP contribution in [0.1, 0.15) is 21.5 Å². The fourth-order valence-electron chi connectivity index (χ4n) is 1.90. The monoisotopic (exact) mass is 313 g/mol. The fourth-order valence-corrected chi connectivity index (χ4v) is 1.90. The minimum atomic E-state index is -1.40. The quantitative estimate of drug-likeness (QED) is 0.798. The molecule has 5 nitrogen and oxygen atoms in total. The number of aliphatic hydroxyl groups excluding tert-OH is 1. The number of aliphatic hydroxyl groups is 1. The number of amides is 1. The molecule has 0 radical (unpaired) electrons. The molecule has 2 N–H and O–H groups in total. The van der Waals surface area contributed by atoms with Crippen molar-refractivity contribution in [2.24, 2.45) is 0 Å². The Morgan fingerprint density at radius 1 is 1.09 bits per heavy atom. The number of hydrogen-bond donors (Lipinski definition) is 2. The van der Waals surface area contributed by atoms with Gasteiger partial charge < -0.3 is 15.2 Å². The van der Waals surface area contributed by atoms with E-state index in [9.17, 15) is 14.7 Å². The van der Waals surface area contributed by atoms with E-state index in [0.29, 0.717) is 5.56 Å². The molecule has 0 unspecified atom stereocenters. The molecule has 5 heteroatoms. The predicted octanol–water partition coefficient (Wildman–Crippen LogP) is 1.83. The van der Waals surface area contributed by atoms with Crippen molar-refractivity contribution in [3.05, 3.63) is 71.3 Å². The highest BCUT2D eigenvalue weighted by Gasteiger charge is 2.18. The third-order valence-electron chi connectivity index (χ3n) is 3.27. The van der Waals surface area contributed by atoms with Gasteiger partial charge in [0.1, 0.15) is 6.61 Å². The van der Waals surface area contributed by atoms with Gasteiger partial charge in [-0.3, -0.25) is 4.79 Å². The molecule has 0 aliphatic rings. The summed E-state index contributed by atoms with van der Waals surface area (Å²) in [4.78, 5) is 23.6. The summed E-state index contributed by atoms with van der Waals surface area (Å²) in [6, 6.07) is 16.2. The van der Waals surface area contributed by atoms with Crippen LogP contribution in [-0.4, -0.2) is 29.6 Å². The second-order valence-electron chi connectivity index (χ2n) is 5.19. The van der Waals surface area contributed by atoms with Crippen molar-refractivity contribution in [3.8, 4) is 0 Å². The first-order valence-corrected chi connectivity index (χ1v) is 7.30. The van der Waals surface area contributed by atoms with E-state index in [0.717, 1.165) is 11.1 Å². The number of aryl methyl sites for hydroxylation is 1. The van der Waals surface area contributed by atoms with E-state index in [4.69, 9.17) is 4.74 Å². The van der Waals surface area contributed by atoms with E-state index in [-0.39, 0.29) is 19.1 Å². The summed E-state index contributed by atoms with van der Waals surface area (Å²) >= 11 is 0. The van der Waals surface area contributed by atoms with Crippen LogP contribution < -0.4 is 5.32 Å². The lowest BCUT2D eigenvalue weighted by Gasteiger charge is -2.12. The second kappa shape index (κ2) is 8.10. The Kier molecular flexibility index (Phi) is 5.88. The highest BCUT2D eigenvalue weighted by molar-refractivity contribution is 5.94. The summed E-state index contributed by atoms with van der Waals surface area (Å²) in [5, 5.41) is 12.3. The Morgan fingerprint density at radius 3 is 2.39 bits per heavy atom. The minimum absolute atomic E-state index is 0.0860. The van der Waals surface area contributed by atoms with Crippen LogP contribution in [0.2, 0.25) is 0 Å². The third-order valence-corrected chi connectivity index (χ3v) is 3.27. The number of benzene rings is 2. The van der Waals surface area contributed by atoms with Crippen LogP contribution in [0, 0.1) is 6.92 Å². The molecule has 0 aromatic heterocycles. The molecule has 120 valence electrons. The molecule has 0 saturated carbocycles. The zero-order valence-electron chi connectivity index (χ0n) is 12.9. The standard InChI is InChI=1S/C18H19NO4/c1-13-7-9-15(10-8-13)17(21)19-11-16(20)18(22)23-12-14-5-3-2-4-6-14/h2-10,16,20H,11-12H2,1H3,(H,19,21)/t16-/m0/s1. The average Bonchev–Trinajstić information content (AvgIpc) is 2.58. The van der Waals surface area contributed by atoms with Crippen molar-refractivity contribution in [2.45, 2.75) is 19.6 Å². The van der Waals surface area contributed by atoms with Gasteiger partial charge in [0, 0.05) is 5.56 Å². The highest BCUT2D eigenvalue weighted by atomic mass is 16.5. The van der Waals surface area contributed by atoms with Crippen molar-refractivity contribution in [3.63, 3.8) is 0 Å². The molecule has 0 aliphatic carbocycles. The summed E-state index contributed by atoms with van der Waals surface area (Å²) in [5.41, 5.74) is 2.35. The molecule has 1 atom stereocenters. The molecule has 2 aromatic carbocycles. The van der Waals surface area contributed by atoms with Gasteiger partial charge in [0.25, 0.3) is 5.91 Å². The van der Waals surface area contributed by atoms with Gasteiger partial charge in [-0.1, -0.05) is 48.0 Å². The zero-order chi connectivity index (χ0) is 16.7. The van der Waals surface area contributed by atoms with Gasteiger partial charge in [-0.15, -0.1) is 0 Å². The van der Waals surface area contributed by atoms with E-state index in [1.807, 2.05) is 49.4 Å². The lowest BCUT2D eigenvalue weighted by atomic mass is 10.1. The van der Waals surface area contributed by atoms with Gasteiger partial charge in [0.15, 0.2) is 6.10 Å². The van der Waals surface area contributed by atoms with Gasteiger partial charge in [-0.25, -0.2) is 4.79 Å². The molecular weight excluding hydrogens is 294 g/mol. The lowest BCUT2D eigenvalue weighted by molar-refractivity contribution is -0.154. The van der Waals surface area contributed by atoms with Crippen molar-refractivity contribution >= 4 is 11.9 Å². The molecule has 0 fully saturated rings. The van der Waals surface area contributed by atoms with Gasteiger partial charge in [0.05, 0.1) is 6.54 Å². The number of nitrogens with one attached hydrogen (secondary N) is 1. The van der Waals surface area contributed by atoms with Crippen molar-refractivity contribution in [2.75, 3.05) is 6.54 Å². The van der Waals surface area contributed by atoms with E-state index in [2.05, 4.69) is 5.32 Å². The maximum absolute atomic E-state index is 11.9. The Hall–Kier alpha value is -2.66. The Labute approximate surface area is 134 Å². The summed E-state index contributed by atoms with van der Waals surface area (Å²) in [6.45, 7) is 1.82. The Balaban J connectivity index is 1.77. The Bertz CT molecular complexity index is 652. The number of rotatable bonds is 6. The van der Waals surface area contributed by atoms with E-state index >= 15 is 0 Å². The smallest absolute Gasteiger partial charge is 0.337 e. The molecule has 1 amide bonds. The number of esters is 1. The van der Waals surface area contributed by atoms with Crippen LogP contribution in [0.4, 0.5) is 0 Å². The van der Waals surface area contributed by atoms with Gasteiger partial charge >= 0.3 is 5.97 Å². The van der Waals surface area contributed by atoms with Crippen molar-refractivity contribution in [1.29, 1.82) is 0 Å². The molecule has 0 heterocycles. The van der Waals surface area contributed by atoms with E-state index < -0.39 is 12.1 Å². The minimum Gasteiger partial charge on any atom is -0.459 e. The molecule has 0 aliphatic heterocycles. The number of hydrogen-bond acceptors (Lipinski definition) is 4. The maximum atomic E-state index is 11.9. The number of carbonyl (C=O) groups excluding carboxylic acids is 2. The van der Waals surface area contributed by atoms with Crippen LogP contribution in [0.15, 0.2) is 54.6 Å². The van der Waals surface area contributed by atoms with Crippen LogP contribution in [0.25, 0.3) is 0 Å². The van der Waals surface area contributed by atoms with Gasteiger partial charge in [-0.05, 0) is 24.6 Å². The van der Waals surface area contributed by atoms with Crippen molar-refractivity contribution in [1.82, 2.24) is 5.32 Å². The predicted molar refractivity (Wildman–Crippen MR) is 85.8 cm³/mol. The van der Waals surface area contributed by atoms with Crippen LogP contribution >= 0.6 is 0 Å². The molecule has 0 bridgehead atoms. The molecule has 0 spiro atoms. The average molecular weight is 313 g/mol. The number of carbonyl (C=O) groups is 2. The first kappa shape index (κ1) is 16.7. The Morgan fingerprint density at radius 2 is 1.74 bits per heavy atom. The van der Waals surface area contributed by atoms with E-state index in [1.165, 1.54) is 0 Å². The van der Waals surface area contributed by atoms with E-state index in [1.54, 1.807) is 12.1 Å². The second-order valence-corrected chi connectivity index (χ2v) is 5.19. The third kappa shape index (κ3) is 5.23. The van der Waals surface area contributed by atoms with Crippen LogP contribution in [-0.2, 0) is 16.1 Å². The highest BCUT2D eigenvalue weighted by Crippen LogP contribution is 2.04. The summed E-state index contributed by atoms with van der Waals surface area (Å²) in [7, 11) is 0. The summed E-state index contributed by atoms with van der Waals surface area (Å²) in [5.74, 6) is -1.11. The SMILES string of the molecule is Cc1ccc(C(=O)NC[C@H](O)C(=O)OCc2ccccc2)cc1. The first-order chi connectivity index (χ1) is 11.1. The normalized spacial score (nSPS) is 11.6. The maximum Gasteiger partial charge on any atom is 0.337 e. The molecule has 0 saturated heterocycles. The molecule has 2 aromatic rings. The topological polar surface area (TPSA) is 75.6 Å². The molecular formula is C18H19NO4. The van der Waals surface area contributed by atoms with Gasteiger partial charge in [0.2, 0.25) is 0 Å². The summed E-state index contributed by atoms with van der Waals surface area (Å²) in [6.07, 6.45) is -1.40. The lowest BCUT2D eigenvalue weighted by Crippen LogP contribution is -2.37. The fraction of sp³-hybridized carbons (Fsp3) is 0.222. The largest absolute Gasteiger partial charge is 0.459 e. The van der Waals surface area contributed by atoms with Crippen LogP contribution in [0.5, 0.6) is 0 Å². The van der Waals surface area contributed by atoms with Gasteiger partial charge in [-0.2, -0.15) is 0 Å². The zero-order valence-corrected chi connectivity index (χ0v) is 12.9. The number of ether oxygens (including phenoxy) is 1. The van der Waals surface area contributed by atoms with Crippen LogP contribution in [0.3, 0.4) is 0 Å². The molecule has 2 rings (SSSR count). The molecule has 23 heavy (non-hydrogen) atoms. The van der Waals surface area contributed by atoms with Crippen molar-refractivity contribution < 1.29 is 19.4 Å².